The Morgan fingerprint density at radius 1 is 1.33 bits per heavy atom. The zero-order valence-corrected chi connectivity index (χ0v) is 11.7. The zero-order valence-electron chi connectivity index (χ0n) is 11.7. The van der Waals surface area contributed by atoms with E-state index < -0.39 is 11.4 Å². The fourth-order valence-electron chi connectivity index (χ4n) is 1.56. The monoisotopic (exact) mass is 249 g/mol. The molecule has 1 aromatic rings. The van der Waals surface area contributed by atoms with E-state index in [9.17, 15) is 4.79 Å². The lowest BCUT2D eigenvalue weighted by Crippen LogP contribution is -2.31. The van der Waals surface area contributed by atoms with Crippen LogP contribution in [0.3, 0.4) is 0 Å². The molecule has 3 nitrogen and oxygen atoms in total. The number of nitrogens with one attached hydrogen (secondary N) is 1. The number of benzene rings is 1. The first-order valence-electron chi connectivity index (χ1n) is 6.44. The summed E-state index contributed by atoms with van der Waals surface area (Å²) in [7, 11) is 0. The van der Waals surface area contributed by atoms with Gasteiger partial charge in [0.1, 0.15) is 0 Å². The summed E-state index contributed by atoms with van der Waals surface area (Å²) in [5.74, 6) is -0.222. The Hall–Kier alpha value is -1.51. The third kappa shape index (κ3) is 3.76. The van der Waals surface area contributed by atoms with Crippen LogP contribution in [0.1, 0.15) is 45.6 Å². The van der Waals surface area contributed by atoms with Gasteiger partial charge in [0.25, 0.3) is 0 Å². The molecule has 3 heteroatoms. The van der Waals surface area contributed by atoms with Crippen LogP contribution in [0.25, 0.3) is 0 Å². The maximum atomic E-state index is 11.0. The third-order valence-electron chi connectivity index (χ3n) is 3.41. The van der Waals surface area contributed by atoms with E-state index in [-0.39, 0.29) is 0 Å². The van der Waals surface area contributed by atoms with Crippen LogP contribution in [0.4, 0.5) is 5.69 Å². The second kappa shape index (κ2) is 5.89. The minimum absolute atomic E-state index is 0.422. The molecule has 0 amide bonds. The van der Waals surface area contributed by atoms with E-state index in [1.165, 1.54) is 5.56 Å². The number of anilines is 1. The van der Waals surface area contributed by atoms with E-state index in [4.69, 9.17) is 5.11 Å². The molecule has 100 valence electrons. The van der Waals surface area contributed by atoms with Crippen LogP contribution in [-0.4, -0.2) is 17.6 Å². The molecule has 0 saturated heterocycles. The van der Waals surface area contributed by atoms with Crippen LogP contribution >= 0.6 is 0 Å². The number of hydrogen-bond acceptors (Lipinski definition) is 2. The molecule has 0 aromatic heterocycles. The molecule has 0 fully saturated rings. The average Bonchev–Trinajstić information content (AvgIpc) is 2.36. The fourth-order valence-corrected chi connectivity index (χ4v) is 1.56. The van der Waals surface area contributed by atoms with Crippen molar-refractivity contribution >= 4 is 11.7 Å². The van der Waals surface area contributed by atoms with Gasteiger partial charge < -0.3 is 10.4 Å². The molecular formula is C15H23NO2. The molecule has 0 spiro atoms. The quantitative estimate of drug-likeness (QED) is 0.807. The summed E-state index contributed by atoms with van der Waals surface area (Å²) in [4.78, 5) is 11.0. The van der Waals surface area contributed by atoms with Crippen LogP contribution in [0.5, 0.6) is 0 Å². The molecule has 0 aliphatic rings. The van der Waals surface area contributed by atoms with Crippen molar-refractivity contribution < 1.29 is 9.90 Å². The van der Waals surface area contributed by atoms with Gasteiger partial charge in [0.2, 0.25) is 0 Å². The van der Waals surface area contributed by atoms with Gasteiger partial charge >= 0.3 is 5.97 Å². The highest BCUT2D eigenvalue weighted by atomic mass is 16.4. The highest BCUT2D eigenvalue weighted by Crippen LogP contribution is 2.22. The molecule has 0 heterocycles. The topological polar surface area (TPSA) is 49.3 Å². The number of hydrogen-bond donors (Lipinski definition) is 2. The lowest BCUT2D eigenvalue weighted by molar-refractivity contribution is -0.146. The van der Waals surface area contributed by atoms with Crippen LogP contribution < -0.4 is 5.32 Å². The smallest absolute Gasteiger partial charge is 0.310 e. The van der Waals surface area contributed by atoms with Crippen molar-refractivity contribution in [1.29, 1.82) is 0 Å². The van der Waals surface area contributed by atoms with Gasteiger partial charge in [-0.05, 0) is 43.9 Å². The minimum atomic E-state index is -0.786. The van der Waals surface area contributed by atoms with E-state index in [0.717, 1.165) is 12.1 Å². The molecule has 1 atom stereocenters. The molecule has 1 unspecified atom stereocenters. The Morgan fingerprint density at radius 3 is 2.33 bits per heavy atom. The van der Waals surface area contributed by atoms with Crippen molar-refractivity contribution in [2.75, 3.05) is 11.9 Å². The average molecular weight is 249 g/mol. The van der Waals surface area contributed by atoms with Gasteiger partial charge in [-0.2, -0.15) is 0 Å². The first kappa shape index (κ1) is 14.6. The second-order valence-corrected chi connectivity index (χ2v) is 5.47. The van der Waals surface area contributed by atoms with Crippen molar-refractivity contribution in [3.8, 4) is 0 Å². The summed E-state index contributed by atoms with van der Waals surface area (Å²) >= 11 is 0. The van der Waals surface area contributed by atoms with Crippen LogP contribution in [-0.2, 0) is 4.79 Å². The Bertz CT molecular complexity index is 395. The minimum Gasteiger partial charge on any atom is -0.481 e. The molecule has 18 heavy (non-hydrogen) atoms. The summed E-state index contributed by atoms with van der Waals surface area (Å²) in [5.41, 5.74) is 1.53. The Balaban J connectivity index is 2.62. The maximum absolute atomic E-state index is 11.0. The van der Waals surface area contributed by atoms with E-state index in [2.05, 4.69) is 31.3 Å². The predicted octanol–water partition coefficient (Wildman–Crippen LogP) is 3.72. The van der Waals surface area contributed by atoms with E-state index in [1.807, 2.05) is 12.1 Å². The molecule has 1 rings (SSSR count). The van der Waals surface area contributed by atoms with E-state index >= 15 is 0 Å². The van der Waals surface area contributed by atoms with Crippen molar-refractivity contribution in [3.63, 3.8) is 0 Å². The summed E-state index contributed by atoms with van der Waals surface area (Å²) < 4.78 is 0. The molecule has 0 aliphatic heterocycles. The number of carboxylic acids is 1. The molecule has 2 N–H and O–H groups in total. The van der Waals surface area contributed by atoms with E-state index in [1.54, 1.807) is 13.8 Å². The molecule has 1 aromatic carbocycles. The van der Waals surface area contributed by atoms with Gasteiger partial charge in [-0.25, -0.2) is 0 Å². The molecule has 0 saturated carbocycles. The lowest BCUT2D eigenvalue weighted by atomic mass is 9.93. The Morgan fingerprint density at radius 2 is 1.89 bits per heavy atom. The number of carboxylic acid groups (broad SMARTS) is 1. The predicted molar refractivity (Wildman–Crippen MR) is 75.1 cm³/mol. The normalized spacial score (nSPS) is 13.1. The van der Waals surface area contributed by atoms with Crippen molar-refractivity contribution in [2.24, 2.45) is 5.41 Å². The van der Waals surface area contributed by atoms with Gasteiger partial charge in [0.15, 0.2) is 0 Å². The Kier molecular flexibility index (Phi) is 4.76. The van der Waals surface area contributed by atoms with Gasteiger partial charge in [0.05, 0.1) is 5.41 Å². The third-order valence-corrected chi connectivity index (χ3v) is 3.41. The number of rotatable bonds is 6. The maximum Gasteiger partial charge on any atom is 0.310 e. The van der Waals surface area contributed by atoms with Crippen LogP contribution in [0.2, 0.25) is 0 Å². The summed E-state index contributed by atoms with van der Waals surface area (Å²) in [5, 5.41) is 12.2. The van der Waals surface area contributed by atoms with Crippen LogP contribution in [0, 0.1) is 5.41 Å². The number of carbonyl (C=O) groups is 1. The van der Waals surface area contributed by atoms with Gasteiger partial charge in [-0.15, -0.1) is 0 Å². The lowest BCUT2D eigenvalue weighted by Gasteiger charge is -2.20. The first-order valence-corrected chi connectivity index (χ1v) is 6.44. The van der Waals surface area contributed by atoms with Crippen molar-refractivity contribution in [2.45, 2.75) is 40.0 Å². The number of aliphatic carboxylic acids is 1. The molecular weight excluding hydrogens is 226 g/mol. The van der Waals surface area contributed by atoms with Gasteiger partial charge in [-0.1, -0.05) is 26.0 Å². The fraction of sp³-hybridized carbons (Fsp3) is 0.533. The summed E-state index contributed by atoms with van der Waals surface area (Å²) in [6.07, 6.45) is 1.12. The summed E-state index contributed by atoms with van der Waals surface area (Å²) in [6.45, 7) is 8.24. The van der Waals surface area contributed by atoms with Crippen LogP contribution in [0.15, 0.2) is 24.3 Å². The van der Waals surface area contributed by atoms with Crippen molar-refractivity contribution in [3.05, 3.63) is 29.8 Å². The van der Waals surface area contributed by atoms with Gasteiger partial charge in [0, 0.05) is 12.2 Å². The van der Waals surface area contributed by atoms with Crippen molar-refractivity contribution in [1.82, 2.24) is 0 Å². The standard InChI is InChI=1S/C15H23NO2/c1-5-11(2)12-6-8-13(9-7-12)16-10-15(3,4)14(17)18/h6-9,11,16H,5,10H2,1-4H3,(H,17,18). The highest BCUT2D eigenvalue weighted by molar-refractivity contribution is 5.74. The molecule has 0 bridgehead atoms. The SMILES string of the molecule is CCC(C)c1ccc(NCC(C)(C)C(=O)O)cc1. The first-order chi connectivity index (χ1) is 8.36. The van der Waals surface area contributed by atoms with Gasteiger partial charge in [-0.3, -0.25) is 4.79 Å². The largest absolute Gasteiger partial charge is 0.481 e. The summed E-state index contributed by atoms with van der Waals surface area (Å²) in [6, 6.07) is 8.23. The highest BCUT2D eigenvalue weighted by Gasteiger charge is 2.26. The molecule has 0 aliphatic carbocycles. The second-order valence-electron chi connectivity index (χ2n) is 5.47. The van der Waals surface area contributed by atoms with E-state index in [0.29, 0.717) is 12.5 Å². The molecule has 0 radical (unpaired) electrons. The Labute approximate surface area is 109 Å². The zero-order chi connectivity index (χ0) is 13.8.